The Balaban J connectivity index is 1.85. The maximum Gasteiger partial charge on any atom is 0.269 e. The van der Waals surface area contributed by atoms with E-state index in [-0.39, 0.29) is 35.4 Å². The average molecular weight is 442 g/mol. The van der Waals surface area contributed by atoms with E-state index in [0.29, 0.717) is 11.1 Å². The fourth-order valence-corrected chi connectivity index (χ4v) is 3.71. The minimum atomic E-state index is -1.50. The number of nitro benzene ring substituents is 1. The topological polar surface area (TPSA) is 98.7 Å². The number of nitrogens with two attached hydrogens (primary N) is 1. The van der Waals surface area contributed by atoms with Gasteiger partial charge in [-0.15, -0.1) is 0 Å². The molecule has 0 bridgehead atoms. The molecule has 0 radical (unpaired) electrons. The number of benzene rings is 2. The maximum atomic E-state index is 13.9. The molecule has 1 aliphatic heterocycles. The average Bonchev–Trinajstić information content (AvgIpc) is 2.70. The normalized spacial score (nSPS) is 18.9. The number of non-ortho nitro benzene ring substituents is 1. The number of morpholine rings is 1. The summed E-state index contributed by atoms with van der Waals surface area (Å²) in [4.78, 5) is 25.1. The van der Waals surface area contributed by atoms with Crippen LogP contribution in [0, 0.1) is 15.9 Å². The van der Waals surface area contributed by atoms with E-state index in [2.05, 4.69) is 0 Å². The molecule has 1 heterocycles. The smallest absolute Gasteiger partial charge is 0.269 e. The van der Waals surface area contributed by atoms with Crippen molar-refractivity contribution in [1.82, 2.24) is 4.90 Å². The summed E-state index contributed by atoms with van der Waals surface area (Å²) in [6.07, 6.45) is -0.659. The van der Waals surface area contributed by atoms with E-state index < -0.39 is 28.3 Å². The summed E-state index contributed by atoms with van der Waals surface area (Å²) < 4.78 is 19.6. The Labute approximate surface area is 176 Å². The van der Waals surface area contributed by atoms with Crippen LogP contribution in [-0.4, -0.2) is 35.4 Å². The van der Waals surface area contributed by atoms with E-state index in [1.54, 1.807) is 6.07 Å². The van der Waals surface area contributed by atoms with Gasteiger partial charge in [0.15, 0.2) is 0 Å². The fraction of sp³-hybridized carbons (Fsp3) is 0.316. The number of nitrogens with zero attached hydrogens (tertiary/aromatic N) is 2. The van der Waals surface area contributed by atoms with Crippen LogP contribution in [-0.2, 0) is 15.1 Å². The first-order valence-electron chi connectivity index (χ1n) is 8.70. The Kier molecular flexibility index (Phi) is 6.09. The minimum absolute atomic E-state index is 0.0986. The molecule has 7 nitrogen and oxygen atoms in total. The highest BCUT2D eigenvalue weighted by atomic mass is 35.5. The zero-order valence-corrected chi connectivity index (χ0v) is 16.9. The van der Waals surface area contributed by atoms with Crippen molar-refractivity contribution in [2.45, 2.75) is 18.6 Å². The predicted octanol–water partition coefficient (Wildman–Crippen LogP) is 3.81. The molecule has 3 rings (SSSR count). The molecular weight excluding hydrogens is 424 g/mol. The highest BCUT2D eigenvalue weighted by Crippen LogP contribution is 2.33. The third-order valence-corrected chi connectivity index (χ3v) is 5.46. The molecule has 2 N–H and O–H groups in total. The molecule has 10 heteroatoms. The first-order chi connectivity index (χ1) is 13.6. The Morgan fingerprint density at radius 2 is 2.07 bits per heavy atom. The number of hydrogen-bond donors (Lipinski definition) is 1. The van der Waals surface area contributed by atoms with Gasteiger partial charge in [0.25, 0.3) is 5.69 Å². The number of amides is 1. The lowest BCUT2D eigenvalue weighted by Crippen LogP contribution is -2.54. The van der Waals surface area contributed by atoms with Gasteiger partial charge in [0, 0.05) is 29.3 Å². The number of ether oxygens (including phenoxy) is 1. The van der Waals surface area contributed by atoms with E-state index in [4.69, 9.17) is 33.7 Å². The third-order valence-electron chi connectivity index (χ3n) is 4.84. The van der Waals surface area contributed by atoms with Crippen LogP contribution in [0.5, 0.6) is 0 Å². The summed E-state index contributed by atoms with van der Waals surface area (Å²) in [6, 6.07) is 8.12. The third kappa shape index (κ3) is 4.35. The second kappa shape index (κ2) is 8.23. The second-order valence-electron chi connectivity index (χ2n) is 6.91. The van der Waals surface area contributed by atoms with Crippen molar-refractivity contribution in [1.29, 1.82) is 0 Å². The number of nitro groups is 1. The Hall–Kier alpha value is -2.26. The molecule has 0 spiro atoms. The zero-order valence-electron chi connectivity index (χ0n) is 15.4. The van der Waals surface area contributed by atoms with Crippen molar-refractivity contribution >= 4 is 34.8 Å². The molecule has 1 saturated heterocycles. The number of carbonyl (C=O) groups is 1. The molecule has 2 unspecified atom stereocenters. The van der Waals surface area contributed by atoms with E-state index >= 15 is 0 Å². The molecule has 29 heavy (non-hydrogen) atoms. The molecule has 0 aromatic heterocycles. The van der Waals surface area contributed by atoms with Gasteiger partial charge in [-0.1, -0.05) is 35.3 Å². The van der Waals surface area contributed by atoms with Gasteiger partial charge >= 0.3 is 0 Å². The Morgan fingerprint density at radius 1 is 1.34 bits per heavy atom. The lowest BCUT2D eigenvalue weighted by Gasteiger charge is -2.38. The van der Waals surface area contributed by atoms with Gasteiger partial charge in [0.1, 0.15) is 17.5 Å². The van der Waals surface area contributed by atoms with E-state index in [0.717, 1.165) is 0 Å². The van der Waals surface area contributed by atoms with Crippen molar-refractivity contribution in [2.75, 3.05) is 19.7 Å². The van der Waals surface area contributed by atoms with Crippen LogP contribution in [0.3, 0.4) is 0 Å². The van der Waals surface area contributed by atoms with Gasteiger partial charge in [0.2, 0.25) is 5.91 Å². The molecule has 1 aliphatic rings. The van der Waals surface area contributed by atoms with Gasteiger partial charge in [-0.05, 0) is 24.6 Å². The van der Waals surface area contributed by atoms with Crippen molar-refractivity contribution < 1.29 is 18.8 Å². The molecule has 2 atom stereocenters. The molecule has 2 aromatic carbocycles. The van der Waals surface area contributed by atoms with Crippen molar-refractivity contribution in [2.24, 2.45) is 5.73 Å². The second-order valence-corrected chi connectivity index (χ2v) is 7.72. The monoisotopic (exact) mass is 441 g/mol. The summed E-state index contributed by atoms with van der Waals surface area (Å²) in [7, 11) is 0. The van der Waals surface area contributed by atoms with Crippen molar-refractivity contribution in [3.8, 4) is 0 Å². The van der Waals surface area contributed by atoms with Crippen LogP contribution in [0.1, 0.15) is 24.2 Å². The number of halogens is 3. The van der Waals surface area contributed by atoms with Crippen LogP contribution >= 0.6 is 23.2 Å². The van der Waals surface area contributed by atoms with Crippen LogP contribution in [0.2, 0.25) is 10.0 Å². The quantitative estimate of drug-likeness (QED) is 0.441. The highest BCUT2D eigenvalue weighted by molar-refractivity contribution is 6.35. The van der Waals surface area contributed by atoms with Gasteiger partial charge < -0.3 is 15.4 Å². The standard InChI is InChI=1S/C19H18Cl2FN3O4/c1-19(23,11-3-2-4-12(7-11)25(27)28)18(26)24-5-6-29-17(10-24)13-8-16(22)15(21)9-14(13)20/h2-4,7-9,17H,5-6,10,23H2,1H3. The molecule has 1 amide bonds. The number of hydrogen-bond acceptors (Lipinski definition) is 5. The van der Waals surface area contributed by atoms with Crippen LogP contribution in [0.25, 0.3) is 0 Å². The molecule has 1 fully saturated rings. The first-order valence-corrected chi connectivity index (χ1v) is 9.46. The van der Waals surface area contributed by atoms with Crippen LogP contribution < -0.4 is 5.73 Å². The van der Waals surface area contributed by atoms with Gasteiger partial charge in [0.05, 0.1) is 23.1 Å². The van der Waals surface area contributed by atoms with Gasteiger partial charge in [-0.25, -0.2) is 4.39 Å². The first kappa shape index (κ1) is 21.4. The molecular formula is C19H18Cl2FN3O4. The zero-order chi connectivity index (χ0) is 21.3. The number of rotatable bonds is 4. The van der Waals surface area contributed by atoms with Gasteiger partial charge in [-0.2, -0.15) is 0 Å². The predicted molar refractivity (Wildman–Crippen MR) is 106 cm³/mol. The van der Waals surface area contributed by atoms with E-state index in [1.807, 2.05) is 0 Å². The lowest BCUT2D eigenvalue weighted by molar-refractivity contribution is -0.384. The largest absolute Gasteiger partial charge is 0.370 e. The summed E-state index contributed by atoms with van der Waals surface area (Å²) in [5, 5.41) is 11.2. The van der Waals surface area contributed by atoms with Crippen molar-refractivity contribution in [3.05, 3.63) is 73.5 Å². The molecule has 154 valence electrons. The van der Waals surface area contributed by atoms with Crippen molar-refractivity contribution in [3.63, 3.8) is 0 Å². The number of carbonyl (C=O) groups excluding carboxylic acids is 1. The van der Waals surface area contributed by atoms with E-state index in [1.165, 1.54) is 42.2 Å². The Morgan fingerprint density at radius 3 is 2.76 bits per heavy atom. The molecule has 2 aromatic rings. The highest BCUT2D eigenvalue weighted by Gasteiger charge is 2.38. The van der Waals surface area contributed by atoms with Gasteiger partial charge in [-0.3, -0.25) is 14.9 Å². The van der Waals surface area contributed by atoms with E-state index in [9.17, 15) is 19.3 Å². The maximum absolute atomic E-state index is 13.9. The SMILES string of the molecule is CC(N)(C(=O)N1CCOC(c2cc(F)c(Cl)cc2Cl)C1)c1cccc([N+](=O)[O-])c1. The Bertz CT molecular complexity index is 970. The summed E-state index contributed by atoms with van der Waals surface area (Å²) in [5.74, 6) is -1.07. The summed E-state index contributed by atoms with van der Waals surface area (Å²) in [6.45, 7) is 2.06. The van der Waals surface area contributed by atoms with Crippen LogP contribution in [0.4, 0.5) is 10.1 Å². The molecule has 0 saturated carbocycles. The van der Waals surface area contributed by atoms with Crippen LogP contribution in [0.15, 0.2) is 36.4 Å². The molecule has 0 aliphatic carbocycles. The minimum Gasteiger partial charge on any atom is -0.370 e. The summed E-state index contributed by atoms with van der Waals surface area (Å²) in [5.41, 5.74) is 5.32. The summed E-state index contributed by atoms with van der Waals surface area (Å²) >= 11 is 11.9. The lowest BCUT2D eigenvalue weighted by atomic mass is 9.90. The fourth-order valence-electron chi connectivity index (χ4n) is 3.20.